The van der Waals surface area contributed by atoms with Crippen molar-refractivity contribution >= 4 is 28.2 Å². The van der Waals surface area contributed by atoms with E-state index < -0.39 is 0 Å². The van der Waals surface area contributed by atoms with Crippen LogP contribution < -0.4 is 10.1 Å². The number of carbonyl (C=O) groups excluding carboxylic acids is 2. The fourth-order valence-corrected chi connectivity index (χ4v) is 3.98. The van der Waals surface area contributed by atoms with E-state index in [0.717, 1.165) is 16.9 Å². The lowest BCUT2D eigenvalue weighted by Crippen LogP contribution is -2.12. The number of carbonyl (C=O) groups is 2. The van der Waals surface area contributed by atoms with Gasteiger partial charge in [0.15, 0.2) is 5.13 Å². The molecule has 4 rings (SSSR count). The predicted octanol–water partition coefficient (Wildman–Crippen LogP) is 5.30. The van der Waals surface area contributed by atoms with Crippen LogP contribution in [0.25, 0.3) is 11.3 Å². The third kappa shape index (κ3) is 3.99. The van der Waals surface area contributed by atoms with E-state index in [0.29, 0.717) is 32.6 Å². The molecule has 3 aromatic carbocycles. The topological polar surface area (TPSA) is 68.3 Å². The second-order valence-corrected chi connectivity index (χ2v) is 7.41. The van der Waals surface area contributed by atoms with Crippen molar-refractivity contribution in [1.82, 2.24) is 4.98 Å². The summed E-state index contributed by atoms with van der Waals surface area (Å²) in [6.45, 7) is 0. The van der Waals surface area contributed by atoms with E-state index in [9.17, 15) is 9.59 Å². The smallest absolute Gasteiger partial charge is 0.261 e. The standard InChI is InChI=1S/C24H18N2O3S/c1-29-19-15-9-8-14-18(19)23(28)26-24-25-20(16-10-4-2-5-11-16)22(30-24)21(27)17-12-6-3-7-13-17/h2-15H,1H3,(H,25,26,28). The molecular weight excluding hydrogens is 396 g/mol. The van der Waals surface area contributed by atoms with E-state index in [-0.39, 0.29) is 11.7 Å². The van der Waals surface area contributed by atoms with E-state index in [2.05, 4.69) is 10.3 Å². The van der Waals surface area contributed by atoms with Gasteiger partial charge in [0, 0.05) is 11.1 Å². The van der Waals surface area contributed by atoms with Crippen molar-refractivity contribution in [2.75, 3.05) is 12.4 Å². The second-order valence-electron chi connectivity index (χ2n) is 6.41. The van der Waals surface area contributed by atoms with Gasteiger partial charge >= 0.3 is 0 Å². The number of methoxy groups -OCH3 is 1. The van der Waals surface area contributed by atoms with E-state index in [1.807, 2.05) is 48.5 Å². The molecule has 1 N–H and O–H groups in total. The Morgan fingerprint density at radius 1 is 0.867 bits per heavy atom. The number of nitrogens with one attached hydrogen (secondary N) is 1. The summed E-state index contributed by atoms with van der Waals surface area (Å²) >= 11 is 1.16. The maximum absolute atomic E-state index is 13.1. The molecule has 0 unspecified atom stereocenters. The number of hydrogen-bond acceptors (Lipinski definition) is 5. The zero-order chi connectivity index (χ0) is 20.9. The monoisotopic (exact) mass is 414 g/mol. The normalized spacial score (nSPS) is 10.4. The number of nitrogens with zero attached hydrogens (tertiary/aromatic N) is 1. The minimum Gasteiger partial charge on any atom is -0.496 e. The first-order valence-electron chi connectivity index (χ1n) is 9.27. The van der Waals surface area contributed by atoms with Crippen molar-refractivity contribution < 1.29 is 14.3 Å². The molecule has 1 amide bonds. The highest BCUT2D eigenvalue weighted by Crippen LogP contribution is 2.33. The van der Waals surface area contributed by atoms with Crippen molar-refractivity contribution in [2.45, 2.75) is 0 Å². The third-order valence-corrected chi connectivity index (χ3v) is 5.46. The molecular formula is C24H18N2O3S. The molecule has 4 aromatic rings. The van der Waals surface area contributed by atoms with Gasteiger partial charge in [-0.3, -0.25) is 14.9 Å². The second kappa shape index (κ2) is 8.71. The molecule has 0 aliphatic heterocycles. The van der Waals surface area contributed by atoms with Gasteiger partial charge in [-0.05, 0) is 12.1 Å². The molecule has 5 nitrogen and oxygen atoms in total. The number of aromatic nitrogens is 1. The van der Waals surface area contributed by atoms with Gasteiger partial charge in [-0.25, -0.2) is 4.98 Å². The molecule has 0 aliphatic rings. The van der Waals surface area contributed by atoms with Crippen molar-refractivity contribution in [1.29, 1.82) is 0 Å². The van der Waals surface area contributed by atoms with Crippen molar-refractivity contribution in [3.05, 3.63) is 101 Å². The summed E-state index contributed by atoms with van der Waals surface area (Å²) in [5.41, 5.74) is 2.32. The molecule has 0 saturated carbocycles. The van der Waals surface area contributed by atoms with Gasteiger partial charge in [-0.1, -0.05) is 84.1 Å². The molecule has 0 atom stereocenters. The Hall–Kier alpha value is -3.77. The van der Waals surface area contributed by atoms with Gasteiger partial charge in [-0.15, -0.1) is 0 Å². The highest BCUT2D eigenvalue weighted by Gasteiger charge is 2.22. The summed E-state index contributed by atoms with van der Waals surface area (Å²) in [4.78, 5) is 31.0. The minimum atomic E-state index is -0.348. The van der Waals surface area contributed by atoms with Gasteiger partial charge in [0.05, 0.1) is 18.4 Å². The fraction of sp³-hybridized carbons (Fsp3) is 0.0417. The summed E-state index contributed by atoms with van der Waals surface area (Å²) in [5, 5.41) is 3.16. The lowest BCUT2D eigenvalue weighted by molar-refractivity contribution is 0.102. The Balaban J connectivity index is 1.72. The average Bonchev–Trinajstić information content (AvgIpc) is 3.23. The van der Waals surface area contributed by atoms with Gasteiger partial charge < -0.3 is 4.74 Å². The molecule has 0 fully saturated rings. The first-order valence-corrected chi connectivity index (χ1v) is 10.1. The number of ketones is 1. The maximum Gasteiger partial charge on any atom is 0.261 e. The van der Waals surface area contributed by atoms with Gasteiger partial charge in [0.2, 0.25) is 5.78 Å². The predicted molar refractivity (Wildman–Crippen MR) is 118 cm³/mol. The summed E-state index contributed by atoms with van der Waals surface area (Å²) in [6, 6.07) is 25.5. The summed E-state index contributed by atoms with van der Waals surface area (Å²) in [5.74, 6) is -0.0142. The molecule has 148 valence electrons. The summed E-state index contributed by atoms with van der Waals surface area (Å²) in [6.07, 6.45) is 0. The van der Waals surface area contributed by atoms with Crippen LogP contribution >= 0.6 is 11.3 Å². The molecule has 0 aliphatic carbocycles. The fourth-order valence-electron chi connectivity index (χ4n) is 3.04. The molecule has 1 aromatic heterocycles. The zero-order valence-electron chi connectivity index (χ0n) is 16.2. The highest BCUT2D eigenvalue weighted by molar-refractivity contribution is 7.18. The van der Waals surface area contributed by atoms with E-state index in [1.54, 1.807) is 36.4 Å². The minimum absolute atomic E-state index is 0.134. The number of benzene rings is 3. The molecule has 0 bridgehead atoms. The highest BCUT2D eigenvalue weighted by atomic mass is 32.1. The number of amides is 1. The lowest BCUT2D eigenvalue weighted by Gasteiger charge is -2.07. The maximum atomic E-state index is 13.1. The van der Waals surface area contributed by atoms with E-state index in [1.165, 1.54) is 7.11 Å². The quantitative estimate of drug-likeness (QED) is 0.435. The molecule has 0 radical (unpaired) electrons. The number of para-hydroxylation sites is 1. The van der Waals surface area contributed by atoms with Crippen LogP contribution in [0, 0.1) is 0 Å². The first-order chi connectivity index (χ1) is 14.7. The number of anilines is 1. The van der Waals surface area contributed by atoms with E-state index >= 15 is 0 Å². The van der Waals surface area contributed by atoms with Crippen LogP contribution in [0.2, 0.25) is 0 Å². The Bertz CT molecular complexity index is 1190. The first kappa shape index (κ1) is 19.5. The SMILES string of the molecule is COc1ccccc1C(=O)Nc1nc(-c2ccccc2)c(C(=O)c2ccccc2)s1. The van der Waals surface area contributed by atoms with Crippen LogP contribution in [0.4, 0.5) is 5.13 Å². The molecule has 30 heavy (non-hydrogen) atoms. The summed E-state index contributed by atoms with van der Waals surface area (Å²) in [7, 11) is 1.51. The average molecular weight is 414 g/mol. The Labute approximate surface area is 178 Å². The van der Waals surface area contributed by atoms with Crippen LogP contribution in [0.15, 0.2) is 84.9 Å². The van der Waals surface area contributed by atoms with Crippen molar-refractivity contribution in [3.8, 4) is 17.0 Å². The number of ether oxygens (including phenoxy) is 1. The number of rotatable bonds is 6. The largest absolute Gasteiger partial charge is 0.496 e. The summed E-state index contributed by atoms with van der Waals surface area (Å²) < 4.78 is 5.27. The lowest BCUT2D eigenvalue weighted by atomic mass is 10.1. The number of thiazole rings is 1. The van der Waals surface area contributed by atoms with Crippen LogP contribution in [0.1, 0.15) is 25.6 Å². The molecule has 0 saturated heterocycles. The van der Waals surface area contributed by atoms with Crippen LogP contribution in [0.3, 0.4) is 0 Å². The number of hydrogen-bond donors (Lipinski definition) is 1. The molecule has 0 spiro atoms. The Morgan fingerprint density at radius 2 is 1.50 bits per heavy atom. The van der Waals surface area contributed by atoms with Crippen LogP contribution in [-0.4, -0.2) is 23.8 Å². The van der Waals surface area contributed by atoms with Crippen molar-refractivity contribution in [3.63, 3.8) is 0 Å². The Morgan fingerprint density at radius 3 is 2.20 bits per heavy atom. The van der Waals surface area contributed by atoms with Gasteiger partial charge in [-0.2, -0.15) is 0 Å². The molecule has 1 heterocycles. The zero-order valence-corrected chi connectivity index (χ0v) is 17.0. The van der Waals surface area contributed by atoms with Gasteiger partial charge in [0.1, 0.15) is 10.6 Å². The van der Waals surface area contributed by atoms with E-state index in [4.69, 9.17) is 4.74 Å². The van der Waals surface area contributed by atoms with Gasteiger partial charge in [0.25, 0.3) is 5.91 Å². The third-order valence-electron chi connectivity index (χ3n) is 4.49. The van der Waals surface area contributed by atoms with Crippen LogP contribution in [-0.2, 0) is 0 Å². The van der Waals surface area contributed by atoms with Crippen molar-refractivity contribution in [2.24, 2.45) is 0 Å². The molecule has 6 heteroatoms. The Kier molecular flexibility index (Phi) is 5.68. The van der Waals surface area contributed by atoms with Crippen LogP contribution in [0.5, 0.6) is 5.75 Å².